The molecule has 20 heavy (non-hydrogen) atoms. The minimum Gasteiger partial charge on any atom is -0.481 e. The number of carbonyl (C=O) groups excluding carboxylic acids is 1. The van der Waals surface area contributed by atoms with Crippen molar-refractivity contribution >= 4 is 29.2 Å². The second-order valence-corrected chi connectivity index (χ2v) is 5.65. The monoisotopic (exact) mass is 299 g/mol. The second-order valence-electron chi connectivity index (χ2n) is 5.24. The van der Waals surface area contributed by atoms with Crippen LogP contribution in [0.15, 0.2) is 18.2 Å². The fourth-order valence-corrected chi connectivity index (χ4v) is 2.84. The number of aliphatic carboxylic acids is 1. The van der Waals surface area contributed by atoms with E-state index in [0.717, 1.165) is 6.07 Å². The van der Waals surface area contributed by atoms with Crippen LogP contribution in [0.5, 0.6) is 0 Å². The molecular formula is C14H15ClFNO3. The predicted octanol–water partition coefficient (Wildman–Crippen LogP) is 3.16. The van der Waals surface area contributed by atoms with Crippen LogP contribution in [0.4, 0.5) is 10.1 Å². The van der Waals surface area contributed by atoms with Crippen LogP contribution in [0.1, 0.15) is 19.8 Å². The summed E-state index contributed by atoms with van der Waals surface area (Å²) < 4.78 is 13.1. The number of hydrogen-bond donors (Lipinski definition) is 2. The van der Waals surface area contributed by atoms with Gasteiger partial charge in [-0.3, -0.25) is 9.59 Å². The predicted molar refractivity (Wildman–Crippen MR) is 73.1 cm³/mol. The van der Waals surface area contributed by atoms with Gasteiger partial charge < -0.3 is 10.4 Å². The summed E-state index contributed by atoms with van der Waals surface area (Å²) in [7, 11) is 0. The molecule has 2 N–H and O–H groups in total. The first-order chi connectivity index (χ1) is 9.38. The first-order valence-electron chi connectivity index (χ1n) is 6.37. The summed E-state index contributed by atoms with van der Waals surface area (Å²) in [6.45, 7) is 1.92. The Hall–Kier alpha value is -1.62. The molecule has 1 aromatic rings. The van der Waals surface area contributed by atoms with Crippen LogP contribution in [0.3, 0.4) is 0 Å². The first-order valence-corrected chi connectivity index (χ1v) is 6.75. The summed E-state index contributed by atoms with van der Waals surface area (Å²) in [5.74, 6) is -3.04. The summed E-state index contributed by atoms with van der Waals surface area (Å²) in [4.78, 5) is 23.4. The number of hydrogen-bond acceptors (Lipinski definition) is 2. The van der Waals surface area contributed by atoms with E-state index in [9.17, 15) is 14.0 Å². The molecule has 0 saturated heterocycles. The number of amides is 1. The Morgan fingerprint density at radius 3 is 2.65 bits per heavy atom. The maximum Gasteiger partial charge on any atom is 0.307 e. The van der Waals surface area contributed by atoms with Gasteiger partial charge in [-0.2, -0.15) is 0 Å². The molecule has 1 aromatic carbocycles. The zero-order chi connectivity index (χ0) is 14.9. The fraction of sp³-hybridized carbons (Fsp3) is 0.429. The topological polar surface area (TPSA) is 66.4 Å². The van der Waals surface area contributed by atoms with E-state index in [2.05, 4.69) is 5.32 Å². The Bertz CT molecular complexity index is 549. The molecule has 1 saturated carbocycles. The third kappa shape index (κ3) is 3.10. The Morgan fingerprint density at radius 2 is 2.00 bits per heavy atom. The van der Waals surface area contributed by atoms with Crippen molar-refractivity contribution in [3.8, 4) is 0 Å². The lowest BCUT2D eigenvalue weighted by atomic mass is 9.95. The van der Waals surface area contributed by atoms with Gasteiger partial charge in [0, 0.05) is 0 Å². The number of halogens is 2. The minimum absolute atomic E-state index is 0.167. The molecular weight excluding hydrogens is 285 g/mol. The third-order valence-corrected chi connectivity index (χ3v) is 3.97. The van der Waals surface area contributed by atoms with Crippen LogP contribution < -0.4 is 5.32 Å². The highest BCUT2D eigenvalue weighted by atomic mass is 35.5. The molecule has 6 heteroatoms. The first kappa shape index (κ1) is 14.8. The number of carboxylic acid groups (broad SMARTS) is 1. The van der Waals surface area contributed by atoms with E-state index in [1.807, 2.05) is 6.92 Å². The van der Waals surface area contributed by atoms with Crippen LogP contribution in [0, 0.1) is 23.6 Å². The summed E-state index contributed by atoms with van der Waals surface area (Å²) in [6, 6.07) is 3.66. The van der Waals surface area contributed by atoms with Gasteiger partial charge in [0.1, 0.15) is 5.82 Å². The molecule has 1 amide bonds. The molecule has 0 bridgehead atoms. The van der Waals surface area contributed by atoms with Gasteiger partial charge in [-0.05, 0) is 37.0 Å². The smallest absolute Gasteiger partial charge is 0.307 e. The highest BCUT2D eigenvalue weighted by molar-refractivity contribution is 6.33. The second kappa shape index (κ2) is 5.79. The van der Waals surface area contributed by atoms with Gasteiger partial charge in [0.25, 0.3) is 0 Å². The van der Waals surface area contributed by atoms with Crippen molar-refractivity contribution in [1.29, 1.82) is 0 Å². The van der Waals surface area contributed by atoms with Gasteiger partial charge in [0.05, 0.1) is 22.5 Å². The van der Waals surface area contributed by atoms with Crippen molar-refractivity contribution in [3.63, 3.8) is 0 Å². The van der Waals surface area contributed by atoms with Crippen molar-refractivity contribution in [2.45, 2.75) is 19.8 Å². The minimum atomic E-state index is -0.972. The van der Waals surface area contributed by atoms with Crippen LogP contribution in [0.2, 0.25) is 5.02 Å². The molecule has 108 valence electrons. The molecule has 1 aliphatic rings. The van der Waals surface area contributed by atoms with Crippen molar-refractivity contribution in [1.82, 2.24) is 0 Å². The van der Waals surface area contributed by atoms with Gasteiger partial charge in [-0.15, -0.1) is 0 Å². The number of carbonyl (C=O) groups is 2. The van der Waals surface area contributed by atoms with Crippen molar-refractivity contribution in [3.05, 3.63) is 29.0 Å². The molecule has 4 nitrogen and oxygen atoms in total. The molecule has 0 aromatic heterocycles. The summed E-state index contributed by atoms with van der Waals surface area (Å²) in [6.07, 6.45) is 0.986. The zero-order valence-electron chi connectivity index (χ0n) is 10.9. The average molecular weight is 300 g/mol. The van der Waals surface area contributed by atoms with E-state index >= 15 is 0 Å². The van der Waals surface area contributed by atoms with E-state index in [1.165, 1.54) is 12.1 Å². The van der Waals surface area contributed by atoms with Crippen molar-refractivity contribution in [2.24, 2.45) is 17.8 Å². The SMILES string of the molecule is CC1C[C@H](C(=O)Nc2cc(F)ccc2Cl)[C@H](C(=O)O)C1. The highest BCUT2D eigenvalue weighted by Gasteiger charge is 2.41. The van der Waals surface area contributed by atoms with Crippen LogP contribution >= 0.6 is 11.6 Å². The molecule has 3 atom stereocenters. The van der Waals surface area contributed by atoms with E-state index in [1.54, 1.807) is 0 Å². The number of rotatable bonds is 3. The molecule has 0 radical (unpaired) electrons. The summed E-state index contributed by atoms with van der Waals surface area (Å²) in [5.41, 5.74) is 0.167. The molecule has 0 aliphatic heterocycles. The third-order valence-electron chi connectivity index (χ3n) is 3.64. The highest BCUT2D eigenvalue weighted by Crippen LogP contribution is 2.37. The largest absolute Gasteiger partial charge is 0.481 e. The Kier molecular flexibility index (Phi) is 4.28. The summed E-state index contributed by atoms with van der Waals surface area (Å²) in [5, 5.41) is 11.9. The maximum absolute atomic E-state index is 13.1. The van der Waals surface area contributed by atoms with Gasteiger partial charge in [0.2, 0.25) is 5.91 Å². The Morgan fingerprint density at radius 1 is 1.35 bits per heavy atom. The lowest BCUT2D eigenvalue weighted by molar-refractivity contribution is -0.145. The van der Waals surface area contributed by atoms with E-state index < -0.39 is 29.5 Å². The van der Waals surface area contributed by atoms with Crippen LogP contribution in [0.25, 0.3) is 0 Å². The van der Waals surface area contributed by atoms with E-state index in [-0.39, 0.29) is 16.6 Å². The molecule has 0 heterocycles. The van der Waals surface area contributed by atoms with Gasteiger partial charge in [0.15, 0.2) is 0 Å². The number of anilines is 1. The van der Waals surface area contributed by atoms with Crippen molar-refractivity contribution in [2.75, 3.05) is 5.32 Å². The Labute approximate surface area is 120 Å². The molecule has 1 unspecified atom stereocenters. The maximum atomic E-state index is 13.1. The average Bonchev–Trinajstić information content (AvgIpc) is 2.76. The van der Waals surface area contributed by atoms with Gasteiger partial charge in [-0.1, -0.05) is 18.5 Å². The molecule has 2 rings (SSSR count). The van der Waals surface area contributed by atoms with Crippen molar-refractivity contribution < 1.29 is 19.1 Å². The van der Waals surface area contributed by atoms with Gasteiger partial charge >= 0.3 is 5.97 Å². The standard InChI is InChI=1S/C14H15ClFNO3/c1-7-4-9(10(5-7)14(19)20)13(18)17-12-6-8(16)2-3-11(12)15/h2-3,6-7,9-10H,4-5H2,1H3,(H,17,18)(H,19,20)/t7?,9-,10+/m0/s1. The number of benzene rings is 1. The number of carboxylic acids is 1. The Balaban J connectivity index is 2.15. The lowest BCUT2D eigenvalue weighted by Crippen LogP contribution is -2.30. The van der Waals surface area contributed by atoms with Crippen LogP contribution in [-0.4, -0.2) is 17.0 Å². The molecule has 0 spiro atoms. The zero-order valence-corrected chi connectivity index (χ0v) is 11.7. The van der Waals surface area contributed by atoms with Gasteiger partial charge in [-0.25, -0.2) is 4.39 Å². The fourth-order valence-electron chi connectivity index (χ4n) is 2.67. The molecule has 1 aliphatic carbocycles. The quantitative estimate of drug-likeness (QED) is 0.901. The van der Waals surface area contributed by atoms with E-state index in [4.69, 9.17) is 16.7 Å². The number of nitrogens with one attached hydrogen (secondary N) is 1. The van der Waals surface area contributed by atoms with E-state index in [0.29, 0.717) is 12.8 Å². The normalized spacial score (nSPS) is 25.4. The van der Waals surface area contributed by atoms with Crippen LogP contribution in [-0.2, 0) is 9.59 Å². The lowest BCUT2D eigenvalue weighted by Gasteiger charge is -2.16. The summed E-state index contributed by atoms with van der Waals surface area (Å²) >= 11 is 5.88. The molecule has 1 fully saturated rings.